The van der Waals surface area contributed by atoms with E-state index in [2.05, 4.69) is 15.1 Å². The number of nitrogens with two attached hydrogens (primary N) is 2. The van der Waals surface area contributed by atoms with E-state index in [4.69, 9.17) is 11.5 Å². The van der Waals surface area contributed by atoms with Crippen LogP contribution in [0.5, 0.6) is 0 Å². The Morgan fingerprint density at radius 2 is 1.84 bits per heavy atom. The van der Waals surface area contributed by atoms with Crippen molar-refractivity contribution in [2.24, 2.45) is 5.73 Å². The smallest absolute Gasteiger partial charge is 0.161 e. The highest BCUT2D eigenvalue weighted by molar-refractivity contribution is 5.44. The normalized spacial score (nSPS) is 26.8. The highest BCUT2D eigenvalue weighted by atomic mass is 19.2. The molecule has 25 heavy (non-hydrogen) atoms. The first-order valence-electron chi connectivity index (χ1n) is 8.39. The molecule has 5 N–H and O–H groups in total. The van der Waals surface area contributed by atoms with Gasteiger partial charge in [0, 0.05) is 42.7 Å². The Morgan fingerprint density at radius 3 is 2.56 bits per heavy atom. The number of hydrogen-bond acceptors (Lipinski definition) is 4. The molecule has 0 amide bonds. The van der Waals surface area contributed by atoms with E-state index in [0.717, 1.165) is 36.8 Å². The molecule has 1 aliphatic heterocycles. The monoisotopic (exact) mass is 351 g/mol. The lowest BCUT2D eigenvalue weighted by atomic mass is 9.77. The number of nitrogens with zero attached hydrogens (tertiary/aromatic N) is 2. The van der Waals surface area contributed by atoms with Crippen molar-refractivity contribution in [2.75, 3.05) is 5.73 Å². The van der Waals surface area contributed by atoms with Crippen LogP contribution in [0, 0.1) is 17.5 Å². The predicted octanol–water partition coefficient (Wildman–Crippen LogP) is 2.39. The zero-order chi connectivity index (χ0) is 17.7. The maximum absolute atomic E-state index is 14.1. The van der Waals surface area contributed by atoms with Crippen LogP contribution >= 0.6 is 0 Å². The van der Waals surface area contributed by atoms with E-state index >= 15 is 0 Å². The van der Waals surface area contributed by atoms with Gasteiger partial charge in [-0.3, -0.25) is 10.00 Å². The van der Waals surface area contributed by atoms with Crippen LogP contribution in [-0.2, 0) is 13.1 Å². The van der Waals surface area contributed by atoms with Crippen molar-refractivity contribution >= 4 is 5.82 Å². The van der Waals surface area contributed by atoms with Gasteiger partial charge in [-0.1, -0.05) is 0 Å². The first-order valence-corrected chi connectivity index (χ1v) is 8.39. The minimum atomic E-state index is -1.17. The Kier molecular flexibility index (Phi) is 3.96. The van der Waals surface area contributed by atoms with Crippen LogP contribution in [0.25, 0.3) is 0 Å². The molecule has 0 saturated heterocycles. The summed E-state index contributed by atoms with van der Waals surface area (Å²) in [5, 5.41) is 6.95. The van der Waals surface area contributed by atoms with Gasteiger partial charge in [0.25, 0.3) is 0 Å². The molecular weight excluding hydrogens is 331 g/mol. The number of anilines is 1. The third-order valence-electron chi connectivity index (χ3n) is 5.53. The fourth-order valence-electron chi connectivity index (χ4n) is 4.17. The molecule has 134 valence electrons. The molecule has 1 aromatic heterocycles. The van der Waals surface area contributed by atoms with Gasteiger partial charge in [-0.2, -0.15) is 5.10 Å². The number of halogens is 3. The summed E-state index contributed by atoms with van der Waals surface area (Å²) in [6.45, 7) is 1.46. The van der Waals surface area contributed by atoms with Crippen LogP contribution < -0.4 is 11.5 Å². The first-order chi connectivity index (χ1) is 11.9. The zero-order valence-electron chi connectivity index (χ0n) is 13.6. The largest absolute Gasteiger partial charge is 0.382 e. The maximum atomic E-state index is 14.1. The fraction of sp³-hybridized carbons (Fsp3) is 0.471. The molecule has 1 fully saturated rings. The maximum Gasteiger partial charge on any atom is 0.161 e. The summed E-state index contributed by atoms with van der Waals surface area (Å²) in [6, 6.07) is 1.49. The Labute approximate surface area is 143 Å². The lowest BCUT2D eigenvalue weighted by molar-refractivity contribution is 0.136. The molecule has 1 saturated carbocycles. The van der Waals surface area contributed by atoms with Crippen LogP contribution in [-0.4, -0.2) is 27.2 Å². The standard InChI is InChI=1S/C17H20F3N5/c18-12-5-14(20)13(19)4-10(12)9-2-1-8(3-15(9)21)25-6-11-16(7-25)23-24-17(11)22/h4-5,8-9,15H,1-3,6-7,21H2,(H3,22,23,24)/t8-,9+,15-/m0/s1. The Hall–Kier alpha value is -2.06. The summed E-state index contributed by atoms with van der Waals surface area (Å²) in [4.78, 5) is 2.29. The Morgan fingerprint density at radius 1 is 1.08 bits per heavy atom. The molecule has 0 bridgehead atoms. The second kappa shape index (κ2) is 6.03. The summed E-state index contributed by atoms with van der Waals surface area (Å²) in [6.07, 6.45) is 2.11. The first kappa shape index (κ1) is 16.4. The van der Waals surface area contributed by atoms with Gasteiger partial charge in [-0.25, -0.2) is 13.2 Å². The molecule has 0 spiro atoms. The molecule has 1 aliphatic carbocycles. The summed E-state index contributed by atoms with van der Waals surface area (Å²) >= 11 is 0. The summed E-state index contributed by atoms with van der Waals surface area (Å²) in [5.41, 5.74) is 14.4. The average molecular weight is 351 g/mol. The van der Waals surface area contributed by atoms with Gasteiger partial charge in [0.2, 0.25) is 0 Å². The van der Waals surface area contributed by atoms with Gasteiger partial charge in [-0.05, 0) is 30.9 Å². The molecule has 3 atom stereocenters. The van der Waals surface area contributed by atoms with Crippen molar-refractivity contribution in [3.63, 3.8) is 0 Å². The van der Waals surface area contributed by atoms with E-state index in [9.17, 15) is 13.2 Å². The molecule has 4 rings (SSSR count). The third kappa shape index (κ3) is 2.79. The summed E-state index contributed by atoms with van der Waals surface area (Å²) in [5.74, 6) is -2.72. The van der Waals surface area contributed by atoms with Crippen molar-refractivity contribution in [1.82, 2.24) is 15.1 Å². The van der Waals surface area contributed by atoms with Crippen molar-refractivity contribution in [3.05, 3.63) is 46.4 Å². The highest BCUT2D eigenvalue weighted by Crippen LogP contribution is 2.38. The number of nitrogen functional groups attached to an aromatic ring is 1. The third-order valence-corrected chi connectivity index (χ3v) is 5.53. The van der Waals surface area contributed by atoms with Gasteiger partial charge in [0.1, 0.15) is 11.6 Å². The molecule has 2 aliphatic rings. The van der Waals surface area contributed by atoms with Gasteiger partial charge in [0.15, 0.2) is 11.6 Å². The van der Waals surface area contributed by atoms with Crippen molar-refractivity contribution < 1.29 is 13.2 Å². The minimum Gasteiger partial charge on any atom is -0.382 e. The van der Waals surface area contributed by atoms with E-state index in [0.29, 0.717) is 24.7 Å². The van der Waals surface area contributed by atoms with E-state index < -0.39 is 17.5 Å². The number of nitrogens with one attached hydrogen (secondary N) is 1. The topological polar surface area (TPSA) is 84.0 Å². The summed E-state index contributed by atoms with van der Waals surface area (Å²) < 4.78 is 40.7. The molecule has 5 nitrogen and oxygen atoms in total. The Bertz CT molecular complexity index is 806. The van der Waals surface area contributed by atoms with Crippen molar-refractivity contribution in [3.8, 4) is 0 Å². The molecular formula is C17H20F3N5. The van der Waals surface area contributed by atoms with Gasteiger partial charge < -0.3 is 11.5 Å². The number of rotatable bonds is 2. The number of fused-ring (bicyclic) bond motifs is 1. The highest BCUT2D eigenvalue weighted by Gasteiger charge is 2.36. The molecule has 2 heterocycles. The number of aromatic nitrogens is 2. The molecule has 0 radical (unpaired) electrons. The number of H-pyrrole nitrogens is 1. The van der Waals surface area contributed by atoms with Gasteiger partial charge >= 0.3 is 0 Å². The quantitative estimate of drug-likeness (QED) is 0.726. The van der Waals surface area contributed by atoms with Gasteiger partial charge in [0.05, 0.1) is 5.69 Å². The van der Waals surface area contributed by atoms with Crippen LogP contribution in [0.1, 0.15) is 42.0 Å². The van der Waals surface area contributed by atoms with E-state index in [1.807, 2.05) is 0 Å². The minimum absolute atomic E-state index is 0.171. The number of benzene rings is 1. The SMILES string of the molecule is Nc1n[nH]c2c1CN([C@H]1CC[C@H](c3cc(F)c(F)cc3F)[C@@H](N)C1)C2. The van der Waals surface area contributed by atoms with E-state index in [-0.39, 0.29) is 23.6 Å². The average Bonchev–Trinajstić information content (AvgIpc) is 3.14. The van der Waals surface area contributed by atoms with Crippen LogP contribution in [0.3, 0.4) is 0 Å². The number of hydrogen-bond donors (Lipinski definition) is 3. The second-order valence-corrected chi connectivity index (χ2v) is 7.00. The van der Waals surface area contributed by atoms with E-state index in [1.54, 1.807) is 0 Å². The predicted molar refractivity (Wildman–Crippen MR) is 86.9 cm³/mol. The number of aromatic amines is 1. The lowest BCUT2D eigenvalue weighted by Gasteiger charge is -2.38. The van der Waals surface area contributed by atoms with Crippen LogP contribution in [0.15, 0.2) is 12.1 Å². The van der Waals surface area contributed by atoms with Crippen molar-refractivity contribution in [2.45, 2.75) is 50.4 Å². The van der Waals surface area contributed by atoms with E-state index in [1.165, 1.54) is 0 Å². The van der Waals surface area contributed by atoms with Gasteiger partial charge in [-0.15, -0.1) is 0 Å². The van der Waals surface area contributed by atoms with Crippen molar-refractivity contribution in [1.29, 1.82) is 0 Å². The Balaban J connectivity index is 1.47. The zero-order valence-corrected chi connectivity index (χ0v) is 13.6. The molecule has 8 heteroatoms. The lowest BCUT2D eigenvalue weighted by Crippen LogP contribution is -2.44. The molecule has 2 aromatic rings. The summed E-state index contributed by atoms with van der Waals surface area (Å²) in [7, 11) is 0. The van der Waals surface area contributed by atoms with Crippen LogP contribution in [0.2, 0.25) is 0 Å². The molecule has 0 unspecified atom stereocenters. The fourth-order valence-corrected chi connectivity index (χ4v) is 4.17. The molecule has 1 aromatic carbocycles. The second-order valence-electron chi connectivity index (χ2n) is 7.00. The van der Waals surface area contributed by atoms with Crippen LogP contribution in [0.4, 0.5) is 19.0 Å².